The van der Waals surface area contributed by atoms with Gasteiger partial charge in [-0.15, -0.1) is 0 Å². The van der Waals surface area contributed by atoms with E-state index in [4.69, 9.17) is 10.5 Å². The van der Waals surface area contributed by atoms with Gasteiger partial charge >= 0.3 is 0 Å². The van der Waals surface area contributed by atoms with Crippen molar-refractivity contribution in [3.8, 4) is 0 Å². The smallest absolute Gasteiger partial charge is 0.222 e. The first-order valence-corrected chi connectivity index (χ1v) is 6.77. The highest BCUT2D eigenvalue weighted by atomic mass is 16.5. The lowest BCUT2D eigenvalue weighted by molar-refractivity contribution is -0.124. The van der Waals surface area contributed by atoms with Gasteiger partial charge in [0.15, 0.2) is 0 Å². The minimum Gasteiger partial charge on any atom is -0.381 e. The predicted octanol–water partition coefficient (Wildman–Crippen LogP) is 1.68. The summed E-state index contributed by atoms with van der Waals surface area (Å²) in [5.74, 6) is 0.201. The van der Waals surface area contributed by atoms with Gasteiger partial charge in [0.25, 0.3) is 0 Å². The highest BCUT2D eigenvalue weighted by Crippen LogP contribution is 2.04. The van der Waals surface area contributed by atoms with Crippen LogP contribution in [0.1, 0.15) is 46.0 Å². The molecule has 0 aliphatic carbocycles. The van der Waals surface area contributed by atoms with Crippen molar-refractivity contribution in [1.82, 2.24) is 5.32 Å². The van der Waals surface area contributed by atoms with Crippen molar-refractivity contribution in [3.05, 3.63) is 0 Å². The Hall–Kier alpha value is -0.610. The third-order valence-corrected chi connectivity index (χ3v) is 2.70. The van der Waals surface area contributed by atoms with Gasteiger partial charge in [0, 0.05) is 25.7 Å². The molecule has 4 heteroatoms. The van der Waals surface area contributed by atoms with Gasteiger partial charge in [-0.3, -0.25) is 4.79 Å². The molecule has 1 atom stereocenters. The fraction of sp³-hybridized carbons (Fsp3) is 0.923. The average Bonchev–Trinajstić information content (AvgIpc) is 2.34. The van der Waals surface area contributed by atoms with E-state index in [1.165, 1.54) is 0 Å². The van der Waals surface area contributed by atoms with E-state index in [0.717, 1.165) is 45.3 Å². The van der Waals surface area contributed by atoms with Crippen LogP contribution in [-0.2, 0) is 9.53 Å². The largest absolute Gasteiger partial charge is 0.381 e. The summed E-state index contributed by atoms with van der Waals surface area (Å²) in [5, 5.41) is 2.92. The molecule has 0 rings (SSSR count). The van der Waals surface area contributed by atoms with Gasteiger partial charge in [0.05, 0.1) is 0 Å². The molecule has 17 heavy (non-hydrogen) atoms. The summed E-state index contributed by atoms with van der Waals surface area (Å²) < 4.78 is 5.41. The summed E-state index contributed by atoms with van der Waals surface area (Å²) in [6, 6.07) is 0. The van der Waals surface area contributed by atoms with E-state index in [0.29, 0.717) is 13.1 Å². The Morgan fingerprint density at radius 3 is 2.65 bits per heavy atom. The molecule has 1 amide bonds. The molecule has 102 valence electrons. The maximum Gasteiger partial charge on any atom is 0.222 e. The van der Waals surface area contributed by atoms with Crippen LogP contribution in [0.5, 0.6) is 0 Å². The van der Waals surface area contributed by atoms with Crippen molar-refractivity contribution in [2.75, 3.05) is 26.3 Å². The molecule has 0 heterocycles. The molecule has 0 saturated heterocycles. The molecule has 0 bridgehead atoms. The third-order valence-electron chi connectivity index (χ3n) is 2.70. The summed E-state index contributed by atoms with van der Waals surface area (Å²) >= 11 is 0. The van der Waals surface area contributed by atoms with E-state index < -0.39 is 0 Å². The second kappa shape index (κ2) is 11.9. The topological polar surface area (TPSA) is 64.3 Å². The van der Waals surface area contributed by atoms with Crippen molar-refractivity contribution in [1.29, 1.82) is 0 Å². The lowest BCUT2D eigenvalue weighted by Gasteiger charge is -2.11. The molecule has 0 aliphatic rings. The zero-order chi connectivity index (χ0) is 12.9. The predicted molar refractivity (Wildman–Crippen MR) is 70.8 cm³/mol. The van der Waals surface area contributed by atoms with Crippen LogP contribution in [0, 0.1) is 5.92 Å². The average molecular weight is 244 g/mol. The Balaban J connectivity index is 3.32. The van der Waals surface area contributed by atoms with Crippen LogP contribution < -0.4 is 11.1 Å². The quantitative estimate of drug-likeness (QED) is 0.544. The van der Waals surface area contributed by atoms with Gasteiger partial charge < -0.3 is 15.8 Å². The SMILES string of the molecule is CCCCOCCCNC(=O)C(C)CCCN. The normalized spacial score (nSPS) is 12.4. The van der Waals surface area contributed by atoms with Crippen molar-refractivity contribution < 1.29 is 9.53 Å². The molecule has 0 aromatic heterocycles. The van der Waals surface area contributed by atoms with Gasteiger partial charge in [-0.25, -0.2) is 0 Å². The van der Waals surface area contributed by atoms with Gasteiger partial charge in [0.1, 0.15) is 0 Å². The lowest BCUT2D eigenvalue weighted by atomic mass is 10.1. The van der Waals surface area contributed by atoms with E-state index in [9.17, 15) is 4.79 Å². The van der Waals surface area contributed by atoms with Crippen LogP contribution >= 0.6 is 0 Å². The molecule has 0 radical (unpaired) electrons. The van der Waals surface area contributed by atoms with Gasteiger partial charge in [-0.05, 0) is 32.2 Å². The molecule has 1 unspecified atom stereocenters. The Kier molecular flexibility index (Phi) is 11.4. The van der Waals surface area contributed by atoms with E-state index in [1.807, 2.05) is 6.92 Å². The van der Waals surface area contributed by atoms with Crippen molar-refractivity contribution in [2.45, 2.75) is 46.0 Å². The van der Waals surface area contributed by atoms with Crippen molar-refractivity contribution in [2.24, 2.45) is 11.7 Å². The molecule has 0 fully saturated rings. The first-order valence-electron chi connectivity index (χ1n) is 6.77. The molecule has 4 nitrogen and oxygen atoms in total. The van der Waals surface area contributed by atoms with Crippen LogP contribution in [0.3, 0.4) is 0 Å². The first kappa shape index (κ1) is 16.4. The number of hydrogen-bond acceptors (Lipinski definition) is 3. The number of unbranched alkanes of at least 4 members (excludes halogenated alkanes) is 1. The fourth-order valence-electron chi connectivity index (χ4n) is 1.46. The number of carbonyl (C=O) groups is 1. The Morgan fingerprint density at radius 1 is 1.29 bits per heavy atom. The zero-order valence-corrected chi connectivity index (χ0v) is 11.3. The molecule has 0 aliphatic heterocycles. The number of nitrogens with one attached hydrogen (secondary N) is 1. The fourth-order valence-corrected chi connectivity index (χ4v) is 1.46. The summed E-state index contributed by atoms with van der Waals surface area (Å²) in [7, 11) is 0. The van der Waals surface area contributed by atoms with Gasteiger partial charge in [-0.2, -0.15) is 0 Å². The Morgan fingerprint density at radius 2 is 2.00 bits per heavy atom. The maximum absolute atomic E-state index is 11.6. The van der Waals surface area contributed by atoms with Crippen molar-refractivity contribution >= 4 is 5.91 Å². The summed E-state index contributed by atoms with van der Waals surface area (Å²) in [6.07, 6.45) is 4.95. The first-order chi connectivity index (χ1) is 8.22. The number of carbonyl (C=O) groups excluding carboxylic acids is 1. The minimum absolute atomic E-state index is 0.0690. The van der Waals surface area contributed by atoms with Crippen LogP contribution in [0.4, 0.5) is 0 Å². The summed E-state index contributed by atoms with van der Waals surface area (Å²) in [5.41, 5.74) is 5.41. The van der Waals surface area contributed by atoms with Gasteiger partial charge in [0.2, 0.25) is 5.91 Å². The maximum atomic E-state index is 11.6. The number of amides is 1. The van der Waals surface area contributed by atoms with Crippen molar-refractivity contribution in [3.63, 3.8) is 0 Å². The standard InChI is InChI=1S/C13H28N2O2/c1-3-4-10-17-11-6-9-15-13(16)12(2)7-5-8-14/h12H,3-11,14H2,1-2H3,(H,15,16). The second-order valence-electron chi connectivity index (χ2n) is 4.44. The second-order valence-corrected chi connectivity index (χ2v) is 4.44. The highest BCUT2D eigenvalue weighted by Gasteiger charge is 2.10. The summed E-state index contributed by atoms with van der Waals surface area (Å²) in [6.45, 7) is 7.02. The molecule has 3 N–H and O–H groups in total. The Labute approximate surface area is 105 Å². The number of ether oxygens (including phenoxy) is 1. The number of nitrogens with two attached hydrogens (primary N) is 1. The molecule has 0 aromatic rings. The summed E-state index contributed by atoms with van der Waals surface area (Å²) in [4.78, 5) is 11.6. The molecule has 0 aromatic carbocycles. The third kappa shape index (κ3) is 10.3. The zero-order valence-electron chi connectivity index (χ0n) is 11.3. The lowest BCUT2D eigenvalue weighted by Crippen LogP contribution is -2.30. The minimum atomic E-state index is 0.0690. The van der Waals surface area contributed by atoms with Gasteiger partial charge in [-0.1, -0.05) is 20.3 Å². The van der Waals surface area contributed by atoms with Crippen LogP contribution in [0.2, 0.25) is 0 Å². The van der Waals surface area contributed by atoms with Crippen LogP contribution in [0.25, 0.3) is 0 Å². The highest BCUT2D eigenvalue weighted by molar-refractivity contribution is 5.78. The molecular formula is C13H28N2O2. The molecule has 0 saturated carbocycles. The van der Waals surface area contributed by atoms with Crippen LogP contribution in [0.15, 0.2) is 0 Å². The Bertz CT molecular complexity index is 186. The van der Waals surface area contributed by atoms with E-state index in [-0.39, 0.29) is 11.8 Å². The molecule has 0 spiro atoms. The monoisotopic (exact) mass is 244 g/mol. The van der Waals surface area contributed by atoms with E-state index in [1.54, 1.807) is 0 Å². The number of hydrogen-bond donors (Lipinski definition) is 2. The van der Waals surface area contributed by atoms with E-state index >= 15 is 0 Å². The molecular weight excluding hydrogens is 216 g/mol. The van der Waals surface area contributed by atoms with Crippen LogP contribution in [-0.4, -0.2) is 32.2 Å². The van der Waals surface area contributed by atoms with E-state index in [2.05, 4.69) is 12.2 Å². The number of rotatable bonds is 11.